The van der Waals surface area contributed by atoms with Gasteiger partial charge in [0.05, 0.1) is 6.42 Å². The molecular weight excluding hydrogens is 279 g/mol. The number of nitrogens with zero attached hydrogens (tertiary/aromatic N) is 1. The number of hydrogen-bond donors (Lipinski definition) is 1. The molecule has 2 rings (SSSR count). The molecule has 1 N–H and O–H groups in total. The summed E-state index contributed by atoms with van der Waals surface area (Å²) in [5.74, 6) is -0.386. The van der Waals surface area contributed by atoms with Gasteiger partial charge in [-0.3, -0.25) is 4.79 Å². The van der Waals surface area contributed by atoms with Crippen LogP contribution in [-0.2, 0) is 11.2 Å². The van der Waals surface area contributed by atoms with E-state index in [1.54, 1.807) is 12.1 Å². The minimum atomic E-state index is -0.310. The number of hydrogen-bond acceptors (Lipinski definition) is 2. The first kappa shape index (κ1) is 16.0. The number of carbonyl (C=O) groups excluding carboxylic acids is 1. The van der Waals surface area contributed by atoms with Crippen molar-refractivity contribution in [1.82, 2.24) is 5.32 Å². The maximum absolute atomic E-state index is 13.0. The molecule has 0 atom stereocenters. The van der Waals surface area contributed by atoms with E-state index in [4.69, 9.17) is 0 Å². The molecule has 1 amide bonds. The first-order valence-corrected chi connectivity index (χ1v) is 7.42. The fraction of sp³-hybridized carbons (Fsp3) is 0.278. The van der Waals surface area contributed by atoms with Crippen molar-refractivity contribution in [2.75, 3.05) is 25.0 Å². The molecule has 0 aromatic heterocycles. The SMILES string of the molecule is CN(CCCNC(=O)Cc1cccc(F)c1)c1ccccc1. The summed E-state index contributed by atoms with van der Waals surface area (Å²) in [5.41, 5.74) is 1.85. The Labute approximate surface area is 130 Å². The Bertz CT molecular complexity index is 601. The van der Waals surface area contributed by atoms with Crippen LogP contribution in [-0.4, -0.2) is 26.0 Å². The van der Waals surface area contributed by atoms with Crippen molar-refractivity contribution >= 4 is 11.6 Å². The molecule has 0 saturated carbocycles. The number of benzene rings is 2. The Morgan fingerprint density at radius 1 is 1.14 bits per heavy atom. The molecule has 0 heterocycles. The highest BCUT2D eigenvalue weighted by Gasteiger charge is 2.04. The first-order valence-electron chi connectivity index (χ1n) is 7.42. The second kappa shape index (κ2) is 8.17. The summed E-state index contributed by atoms with van der Waals surface area (Å²) in [7, 11) is 2.03. The van der Waals surface area contributed by atoms with Crippen LogP contribution >= 0.6 is 0 Å². The van der Waals surface area contributed by atoms with E-state index in [0.29, 0.717) is 12.1 Å². The highest BCUT2D eigenvalue weighted by Crippen LogP contribution is 2.10. The molecule has 0 bridgehead atoms. The lowest BCUT2D eigenvalue weighted by Crippen LogP contribution is -2.29. The highest BCUT2D eigenvalue weighted by molar-refractivity contribution is 5.78. The molecule has 0 aliphatic carbocycles. The third kappa shape index (κ3) is 5.20. The summed E-state index contributed by atoms with van der Waals surface area (Å²) >= 11 is 0. The van der Waals surface area contributed by atoms with Crippen LogP contribution in [0.3, 0.4) is 0 Å². The van der Waals surface area contributed by atoms with Gasteiger partial charge in [0.1, 0.15) is 5.82 Å². The van der Waals surface area contributed by atoms with Crippen molar-refractivity contribution < 1.29 is 9.18 Å². The molecule has 0 saturated heterocycles. The maximum atomic E-state index is 13.0. The van der Waals surface area contributed by atoms with Crippen molar-refractivity contribution in [2.24, 2.45) is 0 Å². The highest BCUT2D eigenvalue weighted by atomic mass is 19.1. The van der Waals surface area contributed by atoms with E-state index in [2.05, 4.69) is 22.3 Å². The number of anilines is 1. The average molecular weight is 300 g/mol. The molecule has 3 nitrogen and oxygen atoms in total. The molecule has 0 unspecified atom stereocenters. The summed E-state index contributed by atoms with van der Waals surface area (Å²) in [6, 6.07) is 16.3. The lowest BCUT2D eigenvalue weighted by atomic mass is 10.1. The monoisotopic (exact) mass is 300 g/mol. The first-order chi connectivity index (χ1) is 10.6. The van der Waals surface area contributed by atoms with Gasteiger partial charge in [-0.15, -0.1) is 0 Å². The largest absolute Gasteiger partial charge is 0.375 e. The summed E-state index contributed by atoms with van der Waals surface area (Å²) in [5, 5.41) is 2.87. The maximum Gasteiger partial charge on any atom is 0.224 e. The van der Waals surface area contributed by atoms with Crippen LogP contribution in [0.1, 0.15) is 12.0 Å². The second-order valence-corrected chi connectivity index (χ2v) is 5.27. The van der Waals surface area contributed by atoms with Crippen molar-refractivity contribution in [3.63, 3.8) is 0 Å². The Morgan fingerprint density at radius 3 is 2.64 bits per heavy atom. The fourth-order valence-electron chi connectivity index (χ4n) is 2.25. The molecule has 22 heavy (non-hydrogen) atoms. The van der Waals surface area contributed by atoms with Gasteiger partial charge in [-0.1, -0.05) is 30.3 Å². The Balaban J connectivity index is 1.67. The van der Waals surface area contributed by atoms with Gasteiger partial charge in [0, 0.05) is 25.8 Å². The molecule has 0 spiro atoms. The van der Waals surface area contributed by atoms with Crippen LogP contribution < -0.4 is 10.2 Å². The van der Waals surface area contributed by atoms with Gasteiger partial charge in [0.25, 0.3) is 0 Å². The van der Waals surface area contributed by atoms with Gasteiger partial charge >= 0.3 is 0 Å². The lowest BCUT2D eigenvalue weighted by molar-refractivity contribution is -0.120. The third-order valence-electron chi connectivity index (χ3n) is 3.44. The van der Waals surface area contributed by atoms with Crippen LogP contribution in [0, 0.1) is 5.82 Å². The Kier molecular flexibility index (Phi) is 5.95. The van der Waals surface area contributed by atoms with Crippen molar-refractivity contribution in [1.29, 1.82) is 0 Å². The minimum Gasteiger partial charge on any atom is -0.375 e. The lowest BCUT2D eigenvalue weighted by Gasteiger charge is -2.19. The number of halogens is 1. The summed E-state index contributed by atoms with van der Waals surface area (Å²) < 4.78 is 13.0. The van der Waals surface area contributed by atoms with Gasteiger partial charge in [0.15, 0.2) is 0 Å². The molecule has 0 aliphatic rings. The molecule has 2 aromatic rings. The molecule has 0 aliphatic heterocycles. The third-order valence-corrected chi connectivity index (χ3v) is 3.44. The quantitative estimate of drug-likeness (QED) is 0.797. The van der Waals surface area contributed by atoms with Crippen molar-refractivity contribution in [3.05, 3.63) is 66.0 Å². The van der Waals surface area contributed by atoms with Gasteiger partial charge in [-0.25, -0.2) is 4.39 Å². The summed E-state index contributed by atoms with van der Waals surface area (Å²) in [4.78, 5) is 13.9. The van der Waals surface area contributed by atoms with Crippen molar-refractivity contribution in [3.8, 4) is 0 Å². The van der Waals surface area contributed by atoms with E-state index in [-0.39, 0.29) is 18.1 Å². The minimum absolute atomic E-state index is 0.0760. The van der Waals surface area contributed by atoms with Crippen LogP contribution in [0.15, 0.2) is 54.6 Å². The smallest absolute Gasteiger partial charge is 0.224 e. The number of nitrogens with one attached hydrogen (secondary N) is 1. The molecule has 116 valence electrons. The van der Waals surface area contributed by atoms with E-state index in [1.807, 2.05) is 25.2 Å². The predicted octanol–water partition coefficient (Wildman–Crippen LogP) is 3.01. The van der Waals surface area contributed by atoms with E-state index in [0.717, 1.165) is 18.7 Å². The normalized spacial score (nSPS) is 10.3. The van der Waals surface area contributed by atoms with Gasteiger partial charge in [-0.05, 0) is 36.2 Å². The topological polar surface area (TPSA) is 32.3 Å². The number of rotatable bonds is 7. The second-order valence-electron chi connectivity index (χ2n) is 5.27. The van der Waals surface area contributed by atoms with E-state index >= 15 is 0 Å². The molecular formula is C18H21FN2O. The Morgan fingerprint density at radius 2 is 1.91 bits per heavy atom. The number of para-hydroxylation sites is 1. The predicted molar refractivity (Wildman–Crippen MR) is 87.4 cm³/mol. The van der Waals surface area contributed by atoms with Gasteiger partial charge in [-0.2, -0.15) is 0 Å². The van der Waals surface area contributed by atoms with Crippen molar-refractivity contribution in [2.45, 2.75) is 12.8 Å². The average Bonchev–Trinajstić information content (AvgIpc) is 2.52. The van der Waals surface area contributed by atoms with Gasteiger partial charge < -0.3 is 10.2 Å². The summed E-state index contributed by atoms with van der Waals surface area (Å²) in [6.07, 6.45) is 1.08. The number of amides is 1. The van der Waals surface area contributed by atoms with E-state index in [1.165, 1.54) is 12.1 Å². The van der Waals surface area contributed by atoms with E-state index in [9.17, 15) is 9.18 Å². The van der Waals surface area contributed by atoms with Crippen LogP contribution in [0.2, 0.25) is 0 Å². The molecule has 0 radical (unpaired) electrons. The molecule has 0 fully saturated rings. The van der Waals surface area contributed by atoms with Gasteiger partial charge in [0.2, 0.25) is 5.91 Å². The fourth-order valence-corrected chi connectivity index (χ4v) is 2.25. The van der Waals surface area contributed by atoms with E-state index < -0.39 is 0 Å². The zero-order chi connectivity index (χ0) is 15.8. The van der Waals surface area contributed by atoms with Crippen LogP contribution in [0.25, 0.3) is 0 Å². The number of carbonyl (C=O) groups is 1. The summed E-state index contributed by atoms with van der Waals surface area (Å²) in [6.45, 7) is 1.48. The zero-order valence-electron chi connectivity index (χ0n) is 12.8. The zero-order valence-corrected chi connectivity index (χ0v) is 12.8. The molecule has 2 aromatic carbocycles. The standard InChI is InChI=1S/C18H21FN2O/c1-21(17-9-3-2-4-10-17)12-6-11-20-18(22)14-15-7-5-8-16(19)13-15/h2-5,7-10,13H,6,11-12,14H2,1H3,(H,20,22). The van der Waals surface area contributed by atoms with Crippen LogP contribution in [0.4, 0.5) is 10.1 Å². The Hall–Kier alpha value is -2.36. The molecule has 4 heteroatoms. The van der Waals surface area contributed by atoms with Crippen LogP contribution in [0.5, 0.6) is 0 Å².